The number of benzene rings is 1. The summed E-state index contributed by atoms with van der Waals surface area (Å²) in [5.74, 6) is 0.763. The summed E-state index contributed by atoms with van der Waals surface area (Å²) in [5.41, 5.74) is 3.02. The Morgan fingerprint density at radius 1 is 1.29 bits per heavy atom. The number of aromatic nitrogens is 2. The van der Waals surface area contributed by atoms with Crippen LogP contribution in [0.25, 0.3) is 16.3 Å². The van der Waals surface area contributed by atoms with Crippen molar-refractivity contribution >= 4 is 45.0 Å². The first-order valence-electron chi connectivity index (χ1n) is 6.57. The lowest BCUT2D eigenvalue weighted by molar-refractivity contribution is 0.876. The number of hydrogen-bond acceptors (Lipinski definition) is 4. The Kier molecular flexibility index (Phi) is 3.90. The molecule has 0 aliphatic heterocycles. The third kappa shape index (κ3) is 2.77. The Bertz CT molecular complexity index is 783. The van der Waals surface area contributed by atoms with Gasteiger partial charge in [-0.25, -0.2) is 4.98 Å². The molecule has 21 heavy (non-hydrogen) atoms. The van der Waals surface area contributed by atoms with E-state index >= 15 is 0 Å². The van der Waals surface area contributed by atoms with Gasteiger partial charge in [-0.1, -0.05) is 43.0 Å². The largest absolute Gasteiger partial charge is 0.362 e. The minimum absolute atomic E-state index is 0.134. The fourth-order valence-electron chi connectivity index (χ4n) is 2.18. The molecule has 0 amide bonds. The number of rotatable bonds is 4. The molecule has 0 saturated heterocycles. The molecule has 3 nitrogen and oxygen atoms in total. The maximum atomic E-state index is 6.05. The monoisotopic (exact) mass is 315 g/mol. The summed E-state index contributed by atoms with van der Waals surface area (Å²) in [6, 6.07) is 10.4. The molecule has 3 aromatic rings. The summed E-state index contributed by atoms with van der Waals surface area (Å²) < 4.78 is 0.997. The van der Waals surface area contributed by atoms with Gasteiger partial charge in [-0.05, 0) is 24.1 Å². The number of nitrogens with one attached hydrogen (secondary N) is 1. The van der Waals surface area contributed by atoms with Gasteiger partial charge in [0.1, 0.15) is 5.82 Å². The molecule has 1 N–H and O–H groups in total. The minimum atomic E-state index is 0.134. The van der Waals surface area contributed by atoms with Crippen molar-refractivity contribution in [3.8, 4) is 0 Å². The van der Waals surface area contributed by atoms with Gasteiger partial charge in [0.15, 0.2) is 0 Å². The number of halogens is 1. The van der Waals surface area contributed by atoms with Crippen LogP contribution >= 0.6 is 22.9 Å². The fraction of sp³-hybridized carbons (Fsp3) is 0.125. The summed E-state index contributed by atoms with van der Waals surface area (Å²) in [5, 5.41) is 5.68. The smallest absolute Gasteiger partial charge is 0.224 e. The number of anilines is 1. The summed E-state index contributed by atoms with van der Waals surface area (Å²) in [7, 11) is 0. The molecule has 3 rings (SSSR count). The van der Waals surface area contributed by atoms with E-state index in [-0.39, 0.29) is 11.3 Å². The molecule has 1 unspecified atom stereocenters. The minimum Gasteiger partial charge on any atom is -0.362 e. The maximum Gasteiger partial charge on any atom is 0.224 e. The van der Waals surface area contributed by atoms with Gasteiger partial charge in [0.2, 0.25) is 5.28 Å². The molecule has 0 fully saturated rings. The van der Waals surface area contributed by atoms with Crippen LogP contribution in [0, 0.1) is 0 Å². The van der Waals surface area contributed by atoms with Crippen LogP contribution in [0.15, 0.2) is 42.3 Å². The van der Waals surface area contributed by atoms with Gasteiger partial charge < -0.3 is 5.32 Å². The van der Waals surface area contributed by atoms with E-state index in [0.717, 1.165) is 21.6 Å². The second kappa shape index (κ2) is 5.84. The highest BCUT2D eigenvalue weighted by Crippen LogP contribution is 2.33. The molecule has 5 heteroatoms. The van der Waals surface area contributed by atoms with E-state index in [4.69, 9.17) is 11.6 Å². The standard InChI is InChI=1S/C16H14ClN3S/c1-3-11-9-21-14-13(11)19-16(17)20-15(14)18-10(2)12-7-5-4-6-8-12/h3-10H,1H2,2H3,(H,18,19,20). The van der Waals surface area contributed by atoms with E-state index in [1.54, 1.807) is 17.4 Å². The number of nitrogens with zero attached hydrogens (tertiary/aromatic N) is 2. The average Bonchev–Trinajstić information content (AvgIpc) is 2.91. The molecule has 0 spiro atoms. The molecule has 106 valence electrons. The molecular formula is C16H14ClN3S. The van der Waals surface area contributed by atoms with Crippen LogP contribution < -0.4 is 5.32 Å². The lowest BCUT2D eigenvalue weighted by atomic mass is 10.1. The first kappa shape index (κ1) is 14.0. The van der Waals surface area contributed by atoms with Crippen LogP contribution in [0.3, 0.4) is 0 Å². The summed E-state index contributed by atoms with van der Waals surface area (Å²) in [6.45, 7) is 5.90. The fourth-order valence-corrected chi connectivity index (χ4v) is 3.29. The van der Waals surface area contributed by atoms with E-state index in [9.17, 15) is 0 Å². The second-order valence-corrected chi connectivity index (χ2v) is 5.91. The van der Waals surface area contributed by atoms with Gasteiger partial charge in [0, 0.05) is 17.0 Å². The Labute approximate surface area is 132 Å². The van der Waals surface area contributed by atoms with Crippen molar-refractivity contribution in [1.82, 2.24) is 9.97 Å². The Morgan fingerprint density at radius 2 is 2.05 bits per heavy atom. The van der Waals surface area contributed by atoms with Crippen LogP contribution in [0.5, 0.6) is 0 Å². The van der Waals surface area contributed by atoms with Gasteiger partial charge in [0.05, 0.1) is 10.2 Å². The molecule has 2 heterocycles. The van der Waals surface area contributed by atoms with Crippen molar-refractivity contribution in [1.29, 1.82) is 0 Å². The van der Waals surface area contributed by atoms with Crippen molar-refractivity contribution < 1.29 is 0 Å². The van der Waals surface area contributed by atoms with Crippen LogP contribution in [-0.4, -0.2) is 9.97 Å². The second-order valence-electron chi connectivity index (χ2n) is 4.69. The first-order chi connectivity index (χ1) is 10.2. The number of fused-ring (bicyclic) bond motifs is 1. The zero-order valence-corrected chi connectivity index (χ0v) is 13.1. The molecule has 0 saturated carbocycles. The summed E-state index contributed by atoms with van der Waals surface area (Å²) >= 11 is 7.64. The van der Waals surface area contributed by atoms with Gasteiger partial charge in [0.25, 0.3) is 0 Å². The maximum absolute atomic E-state index is 6.05. The van der Waals surface area contributed by atoms with Crippen molar-refractivity contribution in [2.75, 3.05) is 5.32 Å². The van der Waals surface area contributed by atoms with Gasteiger partial charge >= 0.3 is 0 Å². The van der Waals surface area contributed by atoms with Gasteiger partial charge in [-0.2, -0.15) is 4.98 Å². The molecule has 1 aromatic carbocycles. The molecule has 0 aliphatic rings. The lowest BCUT2D eigenvalue weighted by Gasteiger charge is -2.15. The molecule has 2 aromatic heterocycles. The lowest BCUT2D eigenvalue weighted by Crippen LogP contribution is -2.08. The Balaban J connectivity index is 2.01. The molecule has 0 bridgehead atoms. The van der Waals surface area contributed by atoms with Crippen molar-refractivity contribution in [3.63, 3.8) is 0 Å². The highest BCUT2D eigenvalue weighted by molar-refractivity contribution is 7.18. The molecule has 0 aliphatic carbocycles. The predicted molar refractivity (Wildman–Crippen MR) is 91.0 cm³/mol. The van der Waals surface area contributed by atoms with Crippen molar-refractivity contribution in [2.45, 2.75) is 13.0 Å². The molecule has 0 radical (unpaired) electrons. The van der Waals surface area contributed by atoms with Gasteiger partial charge in [-0.3, -0.25) is 0 Å². The zero-order chi connectivity index (χ0) is 14.8. The topological polar surface area (TPSA) is 37.8 Å². The molecule has 1 atom stereocenters. The van der Waals surface area contributed by atoms with Crippen molar-refractivity contribution in [3.05, 3.63) is 58.7 Å². The van der Waals surface area contributed by atoms with Crippen LogP contribution in [0.4, 0.5) is 5.82 Å². The Morgan fingerprint density at radius 3 is 2.76 bits per heavy atom. The normalized spacial score (nSPS) is 12.3. The van der Waals surface area contributed by atoms with Gasteiger partial charge in [-0.15, -0.1) is 11.3 Å². The highest BCUT2D eigenvalue weighted by Gasteiger charge is 2.14. The highest BCUT2D eigenvalue weighted by atomic mass is 35.5. The Hall–Kier alpha value is -1.91. The third-order valence-corrected chi connectivity index (χ3v) is 4.45. The van der Waals surface area contributed by atoms with E-state index in [0.29, 0.717) is 0 Å². The van der Waals surface area contributed by atoms with Crippen molar-refractivity contribution in [2.24, 2.45) is 0 Å². The molecular weight excluding hydrogens is 302 g/mol. The van der Waals surface area contributed by atoms with E-state index in [1.165, 1.54) is 5.56 Å². The van der Waals surface area contributed by atoms with E-state index in [2.05, 4.69) is 40.9 Å². The third-order valence-electron chi connectivity index (χ3n) is 3.29. The SMILES string of the molecule is C=Cc1csc2c(NC(C)c3ccccc3)nc(Cl)nc12. The quantitative estimate of drug-likeness (QED) is 0.676. The number of hydrogen-bond donors (Lipinski definition) is 1. The predicted octanol–water partition coefficient (Wildman–Crippen LogP) is 5.16. The average molecular weight is 316 g/mol. The first-order valence-corrected chi connectivity index (χ1v) is 7.83. The van der Waals surface area contributed by atoms with E-state index in [1.807, 2.05) is 23.6 Å². The zero-order valence-electron chi connectivity index (χ0n) is 11.5. The summed E-state index contributed by atoms with van der Waals surface area (Å²) in [6.07, 6.45) is 1.78. The van der Waals surface area contributed by atoms with Crippen LogP contribution in [0.2, 0.25) is 5.28 Å². The van der Waals surface area contributed by atoms with E-state index < -0.39 is 0 Å². The summed E-state index contributed by atoms with van der Waals surface area (Å²) in [4.78, 5) is 8.63. The van der Waals surface area contributed by atoms with Crippen LogP contribution in [0.1, 0.15) is 24.1 Å². The number of thiophene rings is 1. The van der Waals surface area contributed by atoms with Crippen LogP contribution in [-0.2, 0) is 0 Å².